The molecule has 0 spiro atoms. The summed E-state index contributed by atoms with van der Waals surface area (Å²) >= 11 is 0. The molecule has 3 rings (SSSR count). The summed E-state index contributed by atoms with van der Waals surface area (Å²) in [7, 11) is 0. The molecule has 0 saturated heterocycles. The fourth-order valence-electron chi connectivity index (χ4n) is 2.81. The summed E-state index contributed by atoms with van der Waals surface area (Å²) in [4.78, 5) is 49.1. The maximum atomic E-state index is 12.4. The largest absolute Gasteiger partial charge is 0.492 e. The molecule has 1 heterocycles. The second-order valence-electron chi connectivity index (χ2n) is 6.29. The average molecular weight is 396 g/mol. The molecular weight excluding hydrogens is 376 g/mol. The minimum Gasteiger partial charge on any atom is -0.492 e. The molecule has 2 aromatic carbocycles. The molecule has 0 unspecified atom stereocenters. The third-order valence-corrected chi connectivity index (χ3v) is 4.22. The molecule has 0 radical (unpaired) electrons. The van der Waals surface area contributed by atoms with Crippen molar-refractivity contribution in [2.45, 2.75) is 6.42 Å². The first kappa shape index (κ1) is 20.1. The maximum Gasteiger partial charge on any atom is 0.326 e. The predicted molar refractivity (Wildman–Crippen MR) is 102 cm³/mol. The Kier molecular flexibility index (Phi) is 6.57. The molecule has 3 amide bonds. The summed E-state index contributed by atoms with van der Waals surface area (Å²) < 4.78 is 10.3. The van der Waals surface area contributed by atoms with Crippen LogP contribution in [-0.2, 0) is 25.5 Å². The van der Waals surface area contributed by atoms with E-state index in [9.17, 15) is 19.2 Å². The first-order valence-electron chi connectivity index (χ1n) is 9.07. The van der Waals surface area contributed by atoms with Crippen molar-refractivity contribution >= 4 is 23.7 Å². The summed E-state index contributed by atoms with van der Waals surface area (Å²) in [5.74, 6) is -1.67. The van der Waals surface area contributed by atoms with Crippen LogP contribution in [0.25, 0.3) is 0 Å². The average Bonchev–Trinajstić information content (AvgIpc) is 2.73. The molecule has 0 aromatic heterocycles. The third kappa shape index (κ3) is 5.41. The molecule has 0 bridgehead atoms. The lowest BCUT2D eigenvalue weighted by Gasteiger charge is -2.25. The summed E-state index contributed by atoms with van der Waals surface area (Å²) in [6, 6.07) is 15.9. The summed E-state index contributed by atoms with van der Waals surface area (Å²) in [6.45, 7) is -0.529. The zero-order chi connectivity index (χ0) is 20.6. The van der Waals surface area contributed by atoms with Gasteiger partial charge in [-0.3, -0.25) is 24.1 Å². The fraction of sp³-hybridized carbons (Fsp3) is 0.238. The van der Waals surface area contributed by atoms with Crippen molar-refractivity contribution in [3.8, 4) is 5.75 Å². The number of benzene rings is 2. The highest BCUT2D eigenvalue weighted by Crippen LogP contribution is 2.19. The first-order chi connectivity index (χ1) is 14.0. The van der Waals surface area contributed by atoms with E-state index in [1.54, 1.807) is 36.4 Å². The molecule has 0 fully saturated rings. The van der Waals surface area contributed by atoms with E-state index in [2.05, 4.69) is 5.32 Å². The standard InChI is InChI=1S/C21H20N2O6/c24-18(22-10-11-28-16-7-2-1-3-8-16)14-29-20(26)13-23-19(25)12-15-6-4-5-9-17(15)21(23)27/h1-9H,10-14H2,(H,22,24). The van der Waals surface area contributed by atoms with E-state index in [0.717, 1.165) is 4.90 Å². The van der Waals surface area contributed by atoms with Crippen LogP contribution < -0.4 is 10.1 Å². The highest BCUT2D eigenvalue weighted by molar-refractivity contribution is 6.11. The number of para-hydroxylation sites is 1. The molecule has 29 heavy (non-hydrogen) atoms. The number of esters is 1. The van der Waals surface area contributed by atoms with E-state index in [1.807, 2.05) is 18.2 Å². The van der Waals surface area contributed by atoms with Crippen molar-refractivity contribution in [2.24, 2.45) is 0 Å². The number of hydrogen-bond acceptors (Lipinski definition) is 6. The van der Waals surface area contributed by atoms with Gasteiger partial charge >= 0.3 is 5.97 Å². The fourth-order valence-corrected chi connectivity index (χ4v) is 2.81. The quantitative estimate of drug-likeness (QED) is 0.405. The highest BCUT2D eigenvalue weighted by Gasteiger charge is 2.32. The number of amides is 3. The van der Waals surface area contributed by atoms with Gasteiger partial charge in [0.1, 0.15) is 18.9 Å². The van der Waals surface area contributed by atoms with Crippen molar-refractivity contribution < 1.29 is 28.7 Å². The number of carbonyl (C=O) groups excluding carboxylic acids is 4. The molecule has 2 aromatic rings. The van der Waals surface area contributed by atoms with Crippen molar-refractivity contribution in [1.29, 1.82) is 0 Å². The molecule has 0 aliphatic carbocycles. The Morgan fingerprint density at radius 1 is 1.00 bits per heavy atom. The number of nitrogens with zero attached hydrogens (tertiary/aromatic N) is 1. The summed E-state index contributed by atoms with van der Waals surface area (Å²) in [5, 5.41) is 2.55. The smallest absolute Gasteiger partial charge is 0.326 e. The van der Waals surface area contributed by atoms with Crippen LogP contribution in [0.15, 0.2) is 54.6 Å². The Morgan fingerprint density at radius 3 is 2.52 bits per heavy atom. The lowest BCUT2D eigenvalue weighted by Crippen LogP contribution is -2.45. The molecule has 1 aliphatic rings. The minimum absolute atomic E-state index is 0.0388. The van der Waals surface area contributed by atoms with Crippen LogP contribution in [-0.4, -0.2) is 54.9 Å². The molecular formula is C21H20N2O6. The monoisotopic (exact) mass is 396 g/mol. The normalized spacial score (nSPS) is 12.9. The van der Waals surface area contributed by atoms with Gasteiger partial charge in [0, 0.05) is 5.56 Å². The Labute approximate surface area is 167 Å². The molecule has 1 N–H and O–H groups in total. The zero-order valence-electron chi connectivity index (χ0n) is 15.6. The number of carbonyl (C=O) groups is 4. The number of nitrogens with one attached hydrogen (secondary N) is 1. The maximum absolute atomic E-state index is 12.4. The van der Waals surface area contributed by atoms with Crippen LogP contribution in [0, 0.1) is 0 Å². The van der Waals surface area contributed by atoms with Crippen molar-refractivity contribution in [1.82, 2.24) is 10.2 Å². The van der Waals surface area contributed by atoms with Gasteiger partial charge in [0.05, 0.1) is 13.0 Å². The van der Waals surface area contributed by atoms with Crippen LogP contribution in [0.2, 0.25) is 0 Å². The van der Waals surface area contributed by atoms with E-state index in [0.29, 0.717) is 16.9 Å². The zero-order valence-corrected chi connectivity index (χ0v) is 15.6. The topological polar surface area (TPSA) is 102 Å². The predicted octanol–water partition coefficient (Wildman–Crippen LogP) is 0.950. The van der Waals surface area contributed by atoms with Gasteiger partial charge in [-0.25, -0.2) is 0 Å². The van der Waals surface area contributed by atoms with Crippen LogP contribution in [0.1, 0.15) is 15.9 Å². The van der Waals surface area contributed by atoms with Gasteiger partial charge in [0.15, 0.2) is 6.61 Å². The van der Waals surface area contributed by atoms with Crippen LogP contribution >= 0.6 is 0 Å². The molecule has 1 aliphatic heterocycles. The van der Waals surface area contributed by atoms with E-state index in [-0.39, 0.29) is 19.6 Å². The van der Waals surface area contributed by atoms with Crippen molar-refractivity contribution in [3.63, 3.8) is 0 Å². The number of fused-ring (bicyclic) bond motifs is 1. The second-order valence-corrected chi connectivity index (χ2v) is 6.29. The molecule has 8 heteroatoms. The Hall–Kier alpha value is -3.68. The number of rotatable bonds is 8. The van der Waals surface area contributed by atoms with Crippen molar-refractivity contribution in [2.75, 3.05) is 26.3 Å². The number of ether oxygens (including phenoxy) is 2. The second kappa shape index (κ2) is 9.50. The molecule has 150 valence electrons. The summed E-state index contributed by atoms with van der Waals surface area (Å²) in [6.07, 6.45) is 0.0388. The van der Waals surface area contributed by atoms with Gasteiger partial charge in [0.2, 0.25) is 5.91 Å². The van der Waals surface area contributed by atoms with E-state index in [1.165, 1.54) is 0 Å². The van der Waals surface area contributed by atoms with E-state index in [4.69, 9.17) is 9.47 Å². The van der Waals surface area contributed by atoms with Gasteiger partial charge in [0.25, 0.3) is 11.8 Å². The lowest BCUT2D eigenvalue weighted by molar-refractivity contribution is -0.151. The van der Waals surface area contributed by atoms with Gasteiger partial charge < -0.3 is 14.8 Å². The highest BCUT2D eigenvalue weighted by atomic mass is 16.5. The Morgan fingerprint density at radius 2 is 1.72 bits per heavy atom. The van der Waals surface area contributed by atoms with Gasteiger partial charge in [-0.1, -0.05) is 36.4 Å². The molecule has 0 saturated carbocycles. The minimum atomic E-state index is -0.832. The lowest BCUT2D eigenvalue weighted by atomic mass is 9.98. The SMILES string of the molecule is O=C(COC(=O)CN1C(=O)Cc2ccccc2C1=O)NCCOc1ccccc1. The van der Waals surface area contributed by atoms with Gasteiger partial charge in [-0.15, -0.1) is 0 Å². The molecule has 0 atom stereocenters. The number of hydrogen-bond donors (Lipinski definition) is 1. The van der Waals surface area contributed by atoms with Crippen LogP contribution in [0.5, 0.6) is 5.75 Å². The third-order valence-electron chi connectivity index (χ3n) is 4.22. The van der Waals surface area contributed by atoms with E-state index >= 15 is 0 Å². The van der Waals surface area contributed by atoms with Gasteiger partial charge in [-0.2, -0.15) is 0 Å². The first-order valence-corrected chi connectivity index (χ1v) is 9.07. The van der Waals surface area contributed by atoms with E-state index < -0.39 is 36.8 Å². The number of imide groups is 1. The Bertz CT molecular complexity index is 912. The van der Waals surface area contributed by atoms with Crippen LogP contribution in [0.3, 0.4) is 0 Å². The van der Waals surface area contributed by atoms with Crippen molar-refractivity contribution in [3.05, 3.63) is 65.7 Å². The molecule has 8 nitrogen and oxygen atoms in total. The van der Waals surface area contributed by atoms with Crippen LogP contribution in [0.4, 0.5) is 0 Å². The Balaban J connectivity index is 1.39. The van der Waals surface area contributed by atoms with Gasteiger partial charge in [-0.05, 0) is 23.8 Å². The summed E-state index contributed by atoms with van der Waals surface area (Å²) in [5.41, 5.74) is 1.01.